The number of carbonyl (C=O) groups excluding carboxylic acids is 1. The second kappa shape index (κ2) is 4.97. The van der Waals surface area contributed by atoms with Gasteiger partial charge in [-0.3, -0.25) is 4.79 Å². The lowest BCUT2D eigenvalue weighted by molar-refractivity contribution is 0.0953. The molecule has 86 valence electrons. The normalized spacial score (nSPS) is 10.2. The second-order valence-electron chi connectivity index (χ2n) is 3.51. The number of rotatable bonds is 3. The molecule has 0 saturated carbocycles. The summed E-state index contributed by atoms with van der Waals surface area (Å²) in [6.45, 7) is 3.94. The maximum absolute atomic E-state index is 11.7. The molecule has 4 heteroatoms. The van der Waals surface area contributed by atoms with E-state index in [2.05, 4.69) is 16.9 Å². The molecule has 3 nitrogen and oxygen atoms in total. The Morgan fingerprint density at radius 1 is 1.47 bits per heavy atom. The van der Waals surface area contributed by atoms with Gasteiger partial charge in [-0.1, -0.05) is 35.9 Å². The predicted molar refractivity (Wildman–Crippen MR) is 69.3 cm³/mol. The fourth-order valence-electron chi connectivity index (χ4n) is 1.50. The Kier molecular flexibility index (Phi) is 3.40. The average molecular weight is 247 g/mol. The van der Waals surface area contributed by atoms with Gasteiger partial charge in [0.25, 0.3) is 5.91 Å². The topological polar surface area (TPSA) is 42.0 Å². The monoisotopic (exact) mass is 246 g/mol. The molecule has 0 saturated heterocycles. The van der Waals surface area contributed by atoms with Crippen molar-refractivity contribution in [2.45, 2.75) is 0 Å². The van der Waals surface area contributed by atoms with Crippen molar-refractivity contribution in [2.75, 3.05) is 6.54 Å². The molecule has 0 bridgehead atoms. The number of para-hydroxylation sites is 1. The van der Waals surface area contributed by atoms with Gasteiger partial charge in [-0.15, -0.1) is 6.58 Å². The Morgan fingerprint density at radius 2 is 2.24 bits per heavy atom. The third-order valence-corrected chi connectivity index (χ3v) is 2.62. The van der Waals surface area contributed by atoms with Gasteiger partial charge in [-0.25, -0.2) is 4.98 Å². The first-order valence-corrected chi connectivity index (χ1v) is 5.54. The summed E-state index contributed by atoms with van der Waals surface area (Å²) in [4.78, 5) is 16.0. The molecule has 0 radical (unpaired) electrons. The zero-order chi connectivity index (χ0) is 12.3. The van der Waals surface area contributed by atoms with E-state index in [4.69, 9.17) is 11.6 Å². The van der Waals surface area contributed by atoms with Gasteiger partial charge in [0, 0.05) is 11.9 Å². The molecule has 1 heterocycles. The van der Waals surface area contributed by atoms with Crippen LogP contribution in [-0.4, -0.2) is 17.4 Å². The number of pyridine rings is 1. The molecule has 2 rings (SSSR count). The van der Waals surface area contributed by atoms with Crippen LogP contribution in [0.3, 0.4) is 0 Å². The molecule has 0 aliphatic carbocycles. The van der Waals surface area contributed by atoms with Crippen molar-refractivity contribution in [3.8, 4) is 0 Å². The summed E-state index contributed by atoms with van der Waals surface area (Å²) in [5.74, 6) is -0.252. The highest BCUT2D eigenvalue weighted by atomic mass is 35.5. The third kappa shape index (κ3) is 2.45. The minimum Gasteiger partial charge on any atom is -0.347 e. The zero-order valence-corrected chi connectivity index (χ0v) is 9.87. The highest BCUT2D eigenvalue weighted by Gasteiger charge is 2.09. The number of carbonyl (C=O) groups is 1. The Balaban J connectivity index is 2.42. The number of nitrogens with zero attached hydrogens (tertiary/aromatic N) is 1. The van der Waals surface area contributed by atoms with Gasteiger partial charge in [0.05, 0.1) is 10.5 Å². The molecule has 1 aromatic heterocycles. The molecule has 0 aliphatic heterocycles. The molecule has 17 heavy (non-hydrogen) atoms. The lowest BCUT2D eigenvalue weighted by Gasteiger charge is -2.05. The van der Waals surface area contributed by atoms with E-state index in [9.17, 15) is 4.79 Å². The van der Waals surface area contributed by atoms with E-state index in [0.29, 0.717) is 22.8 Å². The van der Waals surface area contributed by atoms with Crippen molar-refractivity contribution < 1.29 is 4.79 Å². The van der Waals surface area contributed by atoms with E-state index in [1.165, 1.54) is 0 Å². The van der Waals surface area contributed by atoms with Crippen molar-refractivity contribution in [3.63, 3.8) is 0 Å². The molecular weight excluding hydrogens is 236 g/mol. The summed E-state index contributed by atoms with van der Waals surface area (Å²) >= 11 is 6.10. The van der Waals surface area contributed by atoms with Crippen LogP contribution >= 0.6 is 11.6 Å². The van der Waals surface area contributed by atoms with Gasteiger partial charge in [0.1, 0.15) is 5.69 Å². The molecule has 1 aromatic carbocycles. The van der Waals surface area contributed by atoms with Crippen LogP contribution in [-0.2, 0) is 0 Å². The molecule has 0 atom stereocenters. The Labute approximate surface area is 104 Å². The lowest BCUT2D eigenvalue weighted by Crippen LogP contribution is -2.24. The van der Waals surface area contributed by atoms with Crippen LogP contribution in [0.15, 0.2) is 43.0 Å². The van der Waals surface area contributed by atoms with Crippen molar-refractivity contribution in [1.29, 1.82) is 0 Å². The molecule has 1 N–H and O–H groups in total. The number of halogens is 1. The maximum atomic E-state index is 11.7. The van der Waals surface area contributed by atoms with Crippen LogP contribution in [0.4, 0.5) is 0 Å². The molecule has 1 amide bonds. The van der Waals surface area contributed by atoms with E-state index in [1.54, 1.807) is 12.1 Å². The Morgan fingerprint density at radius 3 is 3.00 bits per heavy atom. The molecule has 0 spiro atoms. The molecule has 0 fully saturated rings. The van der Waals surface area contributed by atoms with Crippen LogP contribution in [0.2, 0.25) is 5.02 Å². The Hall–Kier alpha value is -1.87. The Bertz CT molecular complexity index is 581. The summed E-state index contributed by atoms with van der Waals surface area (Å²) < 4.78 is 0. The smallest absolute Gasteiger partial charge is 0.270 e. The lowest BCUT2D eigenvalue weighted by atomic mass is 10.2. The predicted octanol–water partition coefficient (Wildman–Crippen LogP) is 2.80. The van der Waals surface area contributed by atoms with Crippen LogP contribution < -0.4 is 5.32 Å². The van der Waals surface area contributed by atoms with Gasteiger partial charge in [-0.2, -0.15) is 0 Å². The van der Waals surface area contributed by atoms with Gasteiger partial charge >= 0.3 is 0 Å². The number of nitrogens with one attached hydrogen (secondary N) is 1. The molecule has 0 unspecified atom stereocenters. The fraction of sp³-hybridized carbons (Fsp3) is 0.0769. The van der Waals surface area contributed by atoms with E-state index in [-0.39, 0.29) is 5.91 Å². The van der Waals surface area contributed by atoms with E-state index in [1.807, 2.05) is 24.3 Å². The van der Waals surface area contributed by atoms with Gasteiger partial charge in [0.15, 0.2) is 0 Å². The zero-order valence-electron chi connectivity index (χ0n) is 9.11. The summed E-state index contributed by atoms with van der Waals surface area (Å²) in [6.07, 6.45) is 1.61. The summed E-state index contributed by atoms with van der Waals surface area (Å²) in [7, 11) is 0. The average Bonchev–Trinajstić information content (AvgIpc) is 2.36. The van der Waals surface area contributed by atoms with Crippen molar-refractivity contribution >= 4 is 28.4 Å². The van der Waals surface area contributed by atoms with Crippen LogP contribution in [0.5, 0.6) is 0 Å². The number of benzene rings is 1. The van der Waals surface area contributed by atoms with Crippen molar-refractivity contribution in [3.05, 3.63) is 53.7 Å². The SMILES string of the molecule is C=CCNC(=O)c1cc(Cl)c2ccccc2n1. The number of fused-ring (bicyclic) bond motifs is 1. The molecular formula is C13H11ClN2O. The summed E-state index contributed by atoms with van der Waals surface area (Å²) in [5, 5.41) is 4.03. The first-order chi connectivity index (χ1) is 8.22. The highest BCUT2D eigenvalue weighted by Crippen LogP contribution is 2.22. The number of hydrogen-bond acceptors (Lipinski definition) is 2. The first-order valence-electron chi connectivity index (χ1n) is 5.17. The number of hydrogen-bond donors (Lipinski definition) is 1. The van der Waals surface area contributed by atoms with Gasteiger partial charge < -0.3 is 5.32 Å². The number of aromatic nitrogens is 1. The standard InChI is InChI=1S/C13H11ClN2O/c1-2-7-15-13(17)12-8-10(14)9-5-3-4-6-11(9)16-12/h2-6,8H,1,7H2,(H,15,17). The number of amides is 1. The van der Waals surface area contributed by atoms with Crippen LogP contribution in [0.1, 0.15) is 10.5 Å². The maximum Gasteiger partial charge on any atom is 0.270 e. The minimum absolute atomic E-state index is 0.252. The van der Waals surface area contributed by atoms with E-state index in [0.717, 1.165) is 5.39 Å². The summed E-state index contributed by atoms with van der Waals surface area (Å²) in [5.41, 5.74) is 1.03. The largest absolute Gasteiger partial charge is 0.347 e. The van der Waals surface area contributed by atoms with Crippen LogP contribution in [0.25, 0.3) is 10.9 Å². The molecule has 2 aromatic rings. The summed E-state index contributed by atoms with van der Waals surface area (Å²) in [6, 6.07) is 9.01. The van der Waals surface area contributed by atoms with Crippen molar-refractivity contribution in [2.24, 2.45) is 0 Å². The van der Waals surface area contributed by atoms with E-state index < -0.39 is 0 Å². The quantitative estimate of drug-likeness (QED) is 0.847. The van der Waals surface area contributed by atoms with E-state index >= 15 is 0 Å². The van der Waals surface area contributed by atoms with Crippen molar-refractivity contribution in [1.82, 2.24) is 10.3 Å². The van der Waals surface area contributed by atoms with Crippen LogP contribution in [0, 0.1) is 0 Å². The highest BCUT2D eigenvalue weighted by molar-refractivity contribution is 6.35. The van der Waals surface area contributed by atoms with Gasteiger partial charge in [0.2, 0.25) is 0 Å². The minimum atomic E-state index is -0.252. The second-order valence-corrected chi connectivity index (χ2v) is 3.91. The first kappa shape index (κ1) is 11.6. The fourth-order valence-corrected chi connectivity index (χ4v) is 1.77. The third-order valence-electron chi connectivity index (χ3n) is 2.31. The molecule has 0 aliphatic rings. The van der Waals surface area contributed by atoms with Gasteiger partial charge in [-0.05, 0) is 12.1 Å².